The van der Waals surface area contributed by atoms with Crippen molar-refractivity contribution in [1.29, 1.82) is 0 Å². The zero-order valence-electron chi connectivity index (χ0n) is 13.8. The second kappa shape index (κ2) is 10.0. The molecule has 4 nitrogen and oxygen atoms in total. The van der Waals surface area contributed by atoms with Crippen LogP contribution in [0.25, 0.3) is 0 Å². The fourth-order valence-electron chi connectivity index (χ4n) is 2.09. The zero-order valence-corrected chi connectivity index (χ0v) is 15.5. The number of hydrazine groups is 1. The quantitative estimate of drug-likeness (QED) is 0.405. The van der Waals surface area contributed by atoms with Crippen molar-refractivity contribution in [1.82, 2.24) is 10.9 Å². The lowest BCUT2D eigenvalue weighted by molar-refractivity contribution is -0.121. The Morgan fingerprint density at radius 3 is 2.56 bits per heavy atom. The van der Waals surface area contributed by atoms with Crippen molar-refractivity contribution < 1.29 is 9.18 Å². The van der Waals surface area contributed by atoms with Crippen LogP contribution in [0.2, 0.25) is 0 Å². The second-order valence-electron chi connectivity index (χ2n) is 5.19. The summed E-state index contributed by atoms with van der Waals surface area (Å²) >= 11 is 6.68. The Kier molecular flexibility index (Phi) is 7.69. The van der Waals surface area contributed by atoms with Crippen molar-refractivity contribution in [3.05, 3.63) is 59.9 Å². The highest BCUT2D eigenvalue weighted by Gasteiger charge is 2.05. The average Bonchev–Trinajstić information content (AvgIpc) is 2.62. The minimum Gasteiger partial charge on any atom is -0.331 e. The van der Waals surface area contributed by atoms with Gasteiger partial charge in [-0.1, -0.05) is 25.1 Å². The first kappa shape index (κ1) is 19.2. The summed E-state index contributed by atoms with van der Waals surface area (Å²) in [6.07, 6.45) is 1.21. The van der Waals surface area contributed by atoms with Gasteiger partial charge in [0.15, 0.2) is 5.11 Å². The van der Waals surface area contributed by atoms with Crippen LogP contribution in [0.4, 0.5) is 10.1 Å². The summed E-state index contributed by atoms with van der Waals surface area (Å²) in [5, 5.41) is 3.40. The van der Waals surface area contributed by atoms with Crippen LogP contribution in [0.5, 0.6) is 0 Å². The summed E-state index contributed by atoms with van der Waals surface area (Å²) in [6.45, 7) is 2.07. The third kappa shape index (κ3) is 6.72. The van der Waals surface area contributed by atoms with Gasteiger partial charge >= 0.3 is 0 Å². The van der Waals surface area contributed by atoms with Crippen LogP contribution >= 0.6 is 24.0 Å². The van der Waals surface area contributed by atoms with Gasteiger partial charge in [0.05, 0.1) is 0 Å². The van der Waals surface area contributed by atoms with Crippen molar-refractivity contribution >= 4 is 40.7 Å². The van der Waals surface area contributed by atoms with Crippen molar-refractivity contribution in [3.63, 3.8) is 0 Å². The fourth-order valence-corrected chi connectivity index (χ4v) is 3.10. The minimum atomic E-state index is -0.267. The molecule has 0 saturated carbocycles. The van der Waals surface area contributed by atoms with Gasteiger partial charge in [0.1, 0.15) is 5.82 Å². The molecule has 0 radical (unpaired) electrons. The minimum absolute atomic E-state index is 0.164. The van der Waals surface area contributed by atoms with E-state index >= 15 is 0 Å². The summed E-state index contributed by atoms with van der Waals surface area (Å²) in [4.78, 5) is 12.8. The molecule has 0 aliphatic rings. The van der Waals surface area contributed by atoms with Crippen LogP contribution in [-0.2, 0) is 11.2 Å². The van der Waals surface area contributed by atoms with Gasteiger partial charge in [0.25, 0.3) is 0 Å². The first-order chi connectivity index (χ1) is 12.1. The Labute approximate surface area is 156 Å². The number of carbonyl (C=O) groups excluding carboxylic acids is 1. The van der Waals surface area contributed by atoms with Crippen LogP contribution in [0, 0.1) is 5.82 Å². The summed E-state index contributed by atoms with van der Waals surface area (Å²) in [5.41, 5.74) is 7.34. The topological polar surface area (TPSA) is 53.2 Å². The number of hydrogen-bond acceptors (Lipinski definition) is 3. The van der Waals surface area contributed by atoms with E-state index in [0.29, 0.717) is 17.3 Å². The fraction of sp³-hybridized carbons (Fsp3) is 0.222. The van der Waals surface area contributed by atoms with Gasteiger partial charge in [-0.3, -0.25) is 15.6 Å². The molecule has 2 aromatic carbocycles. The van der Waals surface area contributed by atoms with Gasteiger partial charge in [-0.2, -0.15) is 0 Å². The molecule has 0 saturated heterocycles. The molecule has 0 spiro atoms. The lowest BCUT2D eigenvalue weighted by atomic mass is 10.1. The average molecular weight is 378 g/mol. The molecule has 0 unspecified atom stereocenters. The number of carbonyl (C=O) groups is 1. The smallest absolute Gasteiger partial charge is 0.239 e. The molecule has 25 heavy (non-hydrogen) atoms. The number of hydrogen-bond donors (Lipinski definition) is 3. The van der Waals surface area contributed by atoms with Gasteiger partial charge < -0.3 is 5.32 Å². The number of halogens is 1. The monoisotopic (exact) mass is 377 g/mol. The Balaban J connectivity index is 1.68. The van der Waals surface area contributed by atoms with Crippen LogP contribution in [0.1, 0.15) is 18.9 Å². The largest absolute Gasteiger partial charge is 0.331 e. The van der Waals surface area contributed by atoms with Crippen LogP contribution < -0.4 is 16.2 Å². The molecule has 0 aliphatic heterocycles. The molecule has 0 aromatic heterocycles. The van der Waals surface area contributed by atoms with Gasteiger partial charge in [0.2, 0.25) is 5.91 Å². The molecule has 132 valence electrons. The SMILES string of the molecule is CCc1ccccc1NC(=S)NNC(=O)CCSc1ccc(F)cc1. The first-order valence-corrected chi connectivity index (χ1v) is 9.30. The maximum atomic E-state index is 12.8. The van der Waals surface area contributed by atoms with E-state index in [1.54, 1.807) is 12.1 Å². The molecule has 0 heterocycles. The Bertz CT molecular complexity index is 723. The first-order valence-electron chi connectivity index (χ1n) is 7.90. The van der Waals surface area contributed by atoms with Crippen LogP contribution in [-0.4, -0.2) is 16.8 Å². The molecule has 2 rings (SSSR count). The van der Waals surface area contributed by atoms with Gasteiger partial charge in [-0.05, 0) is 54.5 Å². The number of thioether (sulfide) groups is 1. The maximum Gasteiger partial charge on any atom is 0.239 e. The molecule has 1 amide bonds. The van der Waals surface area contributed by atoms with Crippen molar-refractivity contribution in [2.45, 2.75) is 24.7 Å². The van der Waals surface area contributed by atoms with Gasteiger partial charge in [-0.25, -0.2) is 4.39 Å². The Morgan fingerprint density at radius 1 is 1.12 bits per heavy atom. The van der Waals surface area contributed by atoms with E-state index in [9.17, 15) is 9.18 Å². The van der Waals surface area contributed by atoms with E-state index in [1.807, 2.05) is 24.3 Å². The predicted molar refractivity (Wildman–Crippen MR) is 105 cm³/mol. The van der Waals surface area contributed by atoms with Crippen molar-refractivity contribution in [2.24, 2.45) is 0 Å². The van der Waals surface area contributed by atoms with E-state index in [-0.39, 0.29) is 11.7 Å². The number of nitrogens with one attached hydrogen (secondary N) is 3. The van der Waals surface area contributed by atoms with E-state index in [2.05, 4.69) is 23.1 Å². The number of aryl methyl sites for hydroxylation is 1. The maximum absolute atomic E-state index is 12.8. The highest BCUT2D eigenvalue weighted by atomic mass is 32.2. The predicted octanol–water partition coefficient (Wildman–Crippen LogP) is 3.89. The van der Waals surface area contributed by atoms with Crippen molar-refractivity contribution in [2.75, 3.05) is 11.1 Å². The summed E-state index contributed by atoms with van der Waals surface area (Å²) in [5.74, 6) is 0.164. The number of anilines is 1. The summed E-state index contributed by atoms with van der Waals surface area (Å²) < 4.78 is 12.8. The number of benzene rings is 2. The molecule has 0 aliphatic carbocycles. The highest BCUT2D eigenvalue weighted by molar-refractivity contribution is 7.99. The van der Waals surface area contributed by atoms with Crippen molar-refractivity contribution in [3.8, 4) is 0 Å². The van der Waals surface area contributed by atoms with E-state index in [1.165, 1.54) is 23.9 Å². The molecular weight excluding hydrogens is 357 g/mol. The number of rotatable bonds is 6. The van der Waals surface area contributed by atoms with E-state index in [4.69, 9.17) is 12.2 Å². The highest BCUT2D eigenvalue weighted by Crippen LogP contribution is 2.18. The standard InChI is InChI=1S/C18H20FN3OS2/c1-2-13-5-3-4-6-16(13)20-18(24)22-21-17(23)11-12-25-15-9-7-14(19)8-10-15/h3-10H,2,11-12H2,1H3,(H,21,23)(H2,20,22,24). The molecular formula is C18H20FN3OS2. The third-order valence-electron chi connectivity index (χ3n) is 3.37. The molecule has 0 bridgehead atoms. The van der Waals surface area contributed by atoms with Crippen LogP contribution in [0.3, 0.4) is 0 Å². The van der Waals surface area contributed by atoms with E-state index < -0.39 is 0 Å². The van der Waals surface area contributed by atoms with Crippen LogP contribution in [0.15, 0.2) is 53.4 Å². The number of amides is 1. The second-order valence-corrected chi connectivity index (χ2v) is 6.77. The number of para-hydroxylation sites is 1. The van der Waals surface area contributed by atoms with Gasteiger partial charge in [-0.15, -0.1) is 11.8 Å². The number of thiocarbonyl (C=S) groups is 1. The lowest BCUT2D eigenvalue weighted by Crippen LogP contribution is -2.43. The summed E-state index contributed by atoms with van der Waals surface area (Å²) in [7, 11) is 0. The van der Waals surface area contributed by atoms with Gasteiger partial charge in [0, 0.05) is 22.8 Å². The Hall–Kier alpha value is -2.12. The Morgan fingerprint density at radius 2 is 1.84 bits per heavy atom. The molecule has 7 heteroatoms. The lowest BCUT2D eigenvalue weighted by Gasteiger charge is -2.14. The normalized spacial score (nSPS) is 10.2. The molecule has 0 fully saturated rings. The zero-order chi connectivity index (χ0) is 18.1. The summed E-state index contributed by atoms with van der Waals surface area (Å²) in [6, 6.07) is 14.1. The molecule has 2 aromatic rings. The molecule has 3 N–H and O–H groups in total. The third-order valence-corrected chi connectivity index (χ3v) is 4.59. The van der Waals surface area contributed by atoms with E-state index in [0.717, 1.165) is 22.6 Å². The molecule has 0 atom stereocenters.